The van der Waals surface area contributed by atoms with E-state index in [1.165, 1.54) is 17.3 Å². The van der Waals surface area contributed by atoms with Crippen molar-refractivity contribution in [2.75, 3.05) is 5.32 Å². The predicted octanol–water partition coefficient (Wildman–Crippen LogP) is 5.17. The first-order valence-corrected chi connectivity index (χ1v) is 12.1. The predicted molar refractivity (Wildman–Crippen MR) is 139 cm³/mol. The number of benzene rings is 2. The molecule has 2 N–H and O–H groups in total. The van der Waals surface area contributed by atoms with Crippen LogP contribution in [0.2, 0.25) is 0 Å². The van der Waals surface area contributed by atoms with Crippen molar-refractivity contribution in [3.63, 3.8) is 0 Å². The first kappa shape index (κ1) is 24.7. The molecule has 7 nitrogen and oxygen atoms in total. The molecule has 9 heteroatoms. The molecule has 0 bridgehead atoms. The van der Waals surface area contributed by atoms with Gasteiger partial charge in [0.05, 0.1) is 17.5 Å². The lowest BCUT2D eigenvalue weighted by molar-refractivity contribution is -0.120. The van der Waals surface area contributed by atoms with Gasteiger partial charge in [0.2, 0.25) is 0 Å². The van der Waals surface area contributed by atoms with Crippen molar-refractivity contribution in [1.82, 2.24) is 20.2 Å². The van der Waals surface area contributed by atoms with Crippen molar-refractivity contribution >= 4 is 45.0 Å². The van der Waals surface area contributed by atoms with Gasteiger partial charge in [-0.2, -0.15) is 5.10 Å². The van der Waals surface area contributed by atoms with Gasteiger partial charge in [-0.15, -0.1) is 16.8 Å². The fourth-order valence-corrected chi connectivity index (χ4v) is 4.03. The van der Waals surface area contributed by atoms with Crippen molar-refractivity contribution in [2.24, 2.45) is 5.10 Å². The zero-order chi connectivity index (χ0) is 23.8. The fraction of sp³-hybridized carbons (Fsp3) is 0.250. The van der Waals surface area contributed by atoms with E-state index in [2.05, 4.69) is 67.6 Å². The van der Waals surface area contributed by atoms with E-state index in [4.69, 9.17) is 0 Å². The van der Waals surface area contributed by atoms with Crippen LogP contribution in [-0.2, 0) is 17.9 Å². The first-order valence-electron chi connectivity index (χ1n) is 10.5. The summed E-state index contributed by atoms with van der Waals surface area (Å²) in [5, 5.41) is 16.5. The second kappa shape index (κ2) is 11.8. The van der Waals surface area contributed by atoms with Crippen molar-refractivity contribution in [3.05, 3.63) is 82.6 Å². The van der Waals surface area contributed by atoms with E-state index in [0.717, 1.165) is 27.3 Å². The number of thioether (sulfide) groups is 1. The van der Waals surface area contributed by atoms with E-state index < -0.39 is 5.25 Å². The van der Waals surface area contributed by atoms with Crippen LogP contribution in [0.25, 0.3) is 0 Å². The summed E-state index contributed by atoms with van der Waals surface area (Å²) in [5.74, 6) is 0.568. The van der Waals surface area contributed by atoms with Gasteiger partial charge in [0.1, 0.15) is 0 Å². The number of hydrogen-bond donors (Lipinski definition) is 2. The van der Waals surface area contributed by atoms with Crippen molar-refractivity contribution in [1.29, 1.82) is 0 Å². The maximum absolute atomic E-state index is 12.6. The van der Waals surface area contributed by atoms with Crippen LogP contribution in [0, 0.1) is 6.92 Å². The molecule has 1 heterocycles. The number of anilines is 1. The molecule has 0 aliphatic rings. The van der Waals surface area contributed by atoms with Crippen LogP contribution < -0.4 is 10.7 Å². The molecule has 0 fully saturated rings. The van der Waals surface area contributed by atoms with Gasteiger partial charge in [0.25, 0.3) is 5.91 Å². The van der Waals surface area contributed by atoms with Gasteiger partial charge in [-0.3, -0.25) is 4.79 Å². The van der Waals surface area contributed by atoms with E-state index in [1.54, 1.807) is 6.08 Å². The van der Waals surface area contributed by atoms with Crippen LogP contribution in [0.15, 0.2) is 75.9 Å². The van der Waals surface area contributed by atoms with Crippen LogP contribution in [0.1, 0.15) is 30.8 Å². The molecule has 2 aromatic carbocycles. The average molecular weight is 527 g/mol. The Balaban J connectivity index is 1.63. The molecule has 0 radical (unpaired) electrons. The molecule has 0 unspecified atom stereocenters. The minimum Gasteiger partial charge on any atom is -0.378 e. The molecule has 1 atom stereocenters. The largest absolute Gasteiger partial charge is 0.378 e. The summed E-state index contributed by atoms with van der Waals surface area (Å²) in [7, 11) is 0. The van der Waals surface area contributed by atoms with Gasteiger partial charge in [0, 0.05) is 16.7 Å². The van der Waals surface area contributed by atoms with Crippen LogP contribution in [0.5, 0.6) is 0 Å². The Morgan fingerprint density at radius 2 is 1.91 bits per heavy atom. The third-order valence-electron chi connectivity index (χ3n) is 4.85. The standard InChI is InChI=1S/C24H27BrN6OS/c1-5-14-31-22(15-26-21-12-6-16(2)7-13-21)28-30-24(31)33-18(4)23(32)29-27-17(3)19-8-10-20(25)11-9-19/h5-13,18,26H,1,14-15H2,2-4H3,(H,29,32)/b27-17-/t18-/m0/s1. The minimum atomic E-state index is -0.405. The molecule has 0 saturated carbocycles. The Kier molecular flexibility index (Phi) is 8.85. The molecular weight excluding hydrogens is 500 g/mol. The van der Waals surface area contributed by atoms with E-state index >= 15 is 0 Å². The molecule has 0 spiro atoms. The van der Waals surface area contributed by atoms with Crippen molar-refractivity contribution in [2.45, 2.75) is 44.3 Å². The number of aryl methyl sites for hydroxylation is 1. The minimum absolute atomic E-state index is 0.205. The molecule has 0 aliphatic carbocycles. The van der Waals surface area contributed by atoms with Gasteiger partial charge in [0.15, 0.2) is 11.0 Å². The number of hydrogen-bond acceptors (Lipinski definition) is 6. The highest BCUT2D eigenvalue weighted by Gasteiger charge is 2.20. The number of rotatable bonds is 10. The summed E-state index contributed by atoms with van der Waals surface area (Å²) in [6, 6.07) is 15.9. The van der Waals surface area contributed by atoms with Crippen molar-refractivity contribution < 1.29 is 4.79 Å². The zero-order valence-corrected chi connectivity index (χ0v) is 21.3. The second-order valence-electron chi connectivity index (χ2n) is 7.46. The SMILES string of the molecule is C=CCn1c(CNc2ccc(C)cc2)nnc1S[C@@H](C)C(=O)N/N=C(/C)c1ccc(Br)cc1. The first-order chi connectivity index (χ1) is 15.9. The van der Waals surface area contributed by atoms with E-state index in [0.29, 0.717) is 18.2 Å². The van der Waals surface area contributed by atoms with Crippen LogP contribution in [-0.4, -0.2) is 31.6 Å². The summed E-state index contributed by atoms with van der Waals surface area (Å²) in [4.78, 5) is 12.6. The van der Waals surface area contributed by atoms with Crippen LogP contribution in [0.3, 0.4) is 0 Å². The third-order valence-corrected chi connectivity index (χ3v) is 6.46. The summed E-state index contributed by atoms with van der Waals surface area (Å²) < 4.78 is 2.95. The normalized spacial score (nSPS) is 12.3. The van der Waals surface area contributed by atoms with E-state index in [9.17, 15) is 4.79 Å². The molecule has 0 saturated heterocycles. The van der Waals surface area contributed by atoms with Crippen molar-refractivity contribution in [3.8, 4) is 0 Å². The van der Waals surface area contributed by atoms with Crippen LogP contribution in [0.4, 0.5) is 5.69 Å². The number of hydrazone groups is 1. The number of halogens is 1. The molecule has 33 heavy (non-hydrogen) atoms. The maximum Gasteiger partial charge on any atom is 0.253 e. The summed E-state index contributed by atoms with van der Waals surface area (Å²) in [5.41, 5.74) is 6.54. The number of nitrogens with one attached hydrogen (secondary N) is 2. The lowest BCUT2D eigenvalue weighted by Crippen LogP contribution is -2.28. The maximum atomic E-state index is 12.6. The number of allylic oxidation sites excluding steroid dienone is 1. The fourth-order valence-electron chi connectivity index (χ4n) is 2.90. The highest BCUT2D eigenvalue weighted by Crippen LogP contribution is 2.23. The Hall–Kier alpha value is -2.91. The quantitative estimate of drug-likeness (QED) is 0.165. The highest BCUT2D eigenvalue weighted by molar-refractivity contribution is 9.10. The molecule has 172 valence electrons. The summed E-state index contributed by atoms with van der Waals surface area (Å²) in [6.45, 7) is 10.6. The van der Waals surface area contributed by atoms with Gasteiger partial charge in [-0.25, -0.2) is 5.43 Å². The number of aromatic nitrogens is 3. The number of amides is 1. The Morgan fingerprint density at radius 3 is 2.58 bits per heavy atom. The zero-order valence-electron chi connectivity index (χ0n) is 18.9. The lowest BCUT2D eigenvalue weighted by Gasteiger charge is -2.12. The molecule has 3 rings (SSSR count). The molecule has 1 amide bonds. The van der Waals surface area contributed by atoms with Gasteiger partial charge >= 0.3 is 0 Å². The highest BCUT2D eigenvalue weighted by atomic mass is 79.9. The smallest absolute Gasteiger partial charge is 0.253 e. The Bertz CT molecular complexity index is 1120. The summed E-state index contributed by atoms with van der Waals surface area (Å²) >= 11 is 4.75. The van der Waals surface area contributed by atoms with Crippen LogP contribution >= 0.6 is 27.7 Å². The average Bonchev–Trinajstić information content (AvgIpc) is 3.18. The molecular formula is C24H27BrN6OS. The number of carbonyl (C=O) groups excluding carboxylic acids is 1. The topological polar surface area (TPSA) is 84.2 Å². The van der Waals surface area contributed by atoms with Gasteiger partial charge in [-0.05, 0) is 50.6 Å². The molecule has 0 aliphatic heterocycles. The Labute approximate surface area is 206 Å². The van der Waals surface area contributed by atoms with Gasteiger partial charge < -0.3 is 9.88 Å². The number of nitrogens with zero attached hydrogens (tertiary/aromatic N) is 4. The molecule has 3 aromatic rings. The number of carbonyl (C=O) groups is 1. The molecule has 1 aromatic heterocycles. The van der Waals surface area contributed by atoms with Gasteiger partial charge in [-0.1, -0.05) is 63.6 Å². The third kappa shape index (κ3) is 7.03. The van der Waals surface area contributed by atoms with E-state index in [1.807, 2.05) is 54.8 Å². The second-order valence-corrected chi connectivity index (χ2v) is 9.68. The van der Waals surface area contributed by atoms with E-state index in [-0.39, 0.29) is 5.91 Å². The summed E-state index contributed by atoms with van der Waals surface area (Å²) in [6.07, 6.45) is 1.79. The monoisotopic (exact) mass is 526 g/mol. The lowest BCUT2D eigenvalue weighted by atomic mass is 10.1. The Morgan fingerprint density at radius 1 is 1.21 bits per heavy atom.